The number of aryl methyl sites for hydroxylation is 1. The summed E-state index contributed by atoms with van der Waals surface area (Å²) in [5.74, 6) is 0.237. The normalized spacial score (nSPS) is 20.9. The van der Waals surface area contributed by atoms with Gasteiger partial charge in [0.1, 0.15) is 5.75 Å². The van der Waals surface area contributed by atoms with E-state index in [9.17, 15) is 13.2 Å². The first kappa shape index (κ1) is 21.7. The van der Waals surface area contributed by atoms with Gasteiger partial charge in [0.25, 0.3) is 0 Å². The minimum absolute atomic E-state index is 0.0107. The predicted octanol–water partition coefficient (Wildman–Crippen LogP) is 2.22. The predicted molar refractivity (Wildman–Crippen MR) is 105 cm³/mol. The van der Waals surface area contributed by atoms with Crippen LogP contribution in [-0.4, -0.2) is 63.5 Å². The fourth-order valence-electron chi connectivity index (χ4n) is 2.88. The zero-order valence-electron chi connectivity index (χ0n) is 15.9. The van der Waals surface area contributed by atoms with Crippen LogP contribution in [0, 0.1) is 6.92 Å². The smallest absolute Gasteiger partial charge is 0.319 e. The van der Waals surface area contributed by atoms with Crippen LogP contribution in [0.25, 0.3) is 0 Å². The summed E-state index contributed by atoms with van der Waals surface area (Å²) in [5.41, 5.74) is 1.24. The van der Waals surface area contributed by atoms with E-state index < -0.39 is 16.1 Å². The molecule has 1 aliphatic heterocycles. The number of carbonyl (C=O) groups excluding carboxylic acids is 1. The lowest BCUT2D eigenvalue weighted by atomic mass is 10.2. The van der Waals surface area contributed by atoms with E-state index in [4.69, 9.17) is 21.1 Å². The number of methoxy groups -OCH3 is 1. The zero-order chi connectivity index (χ0) is 20.2. The van der Waals surface area contributed by atoms with E-state index >= 15 is 0 Å². The molecule has 1 fully saturated rings. The van der Waals surface area contributed by atoms with Gasteiger partial charge >= 0.3 is 6.03 Å². The van der Waals surface area contributed by atoms with Crippen LogP contribution in [0.5, 0.6) is 5.75 Å². The van der Waals surface area contributed by atoms with Gasteiger partial charge in [-0.3, -0.25) is 0 Å². The highest BCUT2D eigenvalue weighted by atomic mass is 35.5. The molecule has 0 aromatic heterocycles. The summed E-state index contributed by atoms with van der Waals surface area (Å²) in [6.45, 7) is 6.11. The molecule has 1 aromatic carbocycles. The maximum Gasteiger partial charge on any atom is 0.319 e. The lowest BCUT2D eigenvalue weighted by Gasteiger charge is -2.34. The number of nitrogens with zero attached hydrogens (tertiary/aromatic N) is 1. The Morgan fingerprint density at radius 1 is 1.33 bits per heavy atom. The topological polar surface area (TPSA) is 97.0 Å². The van der Waals surface area contributed by atoms with Crippen molar-refractivity contribution in [1.82, 2.24) is 9.62 Å². The molecule has 1 aliphatic rings. The Kier molecular flexibility index (Phi) is 7.32. The van der Waals surface area contributed by atoms with E-state index in [0.29, 0.717) is 29.5 Å². The first-order valence-electron chi connectivity index (χ1n) is 8.64. The summed E-state index contributed by atoms with van der Waals surface area (Å²) >= 11 is 6.04. The van der Waals surface area contributed by atoms with Crippen LogP contribution in [-0.2, 0) is 14.8 Å². The summed E-state index contributed by atoms with van der Waals surface area (Å²) in [6, 6.07) is 2.78. The molecular formula is C17H26ClN3O5S. The maximum absolute atomic E-state index is 12.5. The molecule has 2 atom stereocenters. The van der Waals surface area contributed by atoms with Crippen molar-refractivity contribution in [3.63, 3.8) is 0 Å². The van der Waals surface area contributed by atoms with Gasteiger partial charge in [-0.15, -0.1) is 0 Å². The van der Waals surface area contributed by atoms with Crippen molar-refractivity contribution in [2.45, 2.75) is 33.0 Å². The number of morpholine rings is 1. The Hall–Kier alpha value is -1.55. The molecule has 0 saturated carbocycles. The van der Waals surface area contributed by atoms with Gasteiger partial charge < -0.3 is 20.1 Å². The summed E-state index contributed by atoms with van der Waals surface area (Å²) in [5, 5.41) is 5.73. The van der Waals surface area contributed by atoms with Crippen molar-refractivity contribution < 1.29 is 22.7 Å². The number of urea groups is 1. The monoisotopic (exact) mass is 419 g/mol. The van der Waals surface area contributed by atoms with E-state index in [2.05, 4.69) is 10.6 Å². The number of ether oxygens (including phenoxy) is 2. The van der Waals surface area contributed by atoms with Crippen LogP contribution in [0.4, 0.5) is 10.5 Å². The number of anilines is 1. The van der Waals surface area contributed by atoms with Crippen molar-refractivity contribution in [1.29, 1.82) is 0 Å². The Balaban J connectivity index is 1.90. The number of hydrogen-bond acceptors (Lipinski definition) is 5. The standard InChI is InChI=1S/C17H26ClN3O5S/c1-11-7-15(16(25-4)8-14(11)18)20-17(22)19-5-6-27(23,24)21-9-12(2)26-13(3)10-21/h7-8,12-13H,5-6,9-10H2,1-4H3,(H2,19,20,22)/t12-,13-/m1/s1. The number of rotatable bonds is 6. The molecule has 8 nitrogen and oxygen atoms in total. The van der Waals surface area contributed by atoms with Gasteiger partial charge in [-0.25, -0.2) is 13.2 Å². The van der Waals surface area contributed by atoms with Gasteiger partial charge in [0, 0.05) is 30.7 Å². The minimum Gasteiger partial charge on any atom is -0.495 e. The minimum atomic E-state index is -3.47. The average Bonchev–Trinajstić information content (AvgIpc) is 2.57. The van der Waals surface area contributed by atoms with Crippen molar-refractivity contribution in [2.75, 3.05) is 37.8 Å². The van der Waals surface area contributed by atoms with Gasteiger partial charge in [-0.1, -0.05) is 11.6 Å². The number of benzene rings is 1. The van der Waals surface area contributed by atoms with Crippen LogP contribution < -0.4 is 15.4 Å². The third-order valence-electron chi connectivity index (χ3n) is 4.15. The van der Waals surface area contributed by atoms with Crippen molar-refractivity contribution >= 4 is 33.3 Å². The number of sulfonamides is 1. The van der Waals surface area contributed by atoms with Gasteiger partial charge in [-0.05, 0) is 32.4 Å². The first-order chi connectivity index (χ1) is 12.6. The summed E-state index contributed by atoms with van der Waals surface area (Å²) in [6.07, 6.45) is -0.305. The van der Waals surface area contributed by atoms with Crippen LogP contribution >= 0.6 is 11.6 Å². The molecular weight excluding hydrogens is 394 g/mol. The van der Waals surface area contributed by atoms with E-state index in [1.807, 2.05) is 20.8 Å². The molecule has 27 heavy (non-hydrogen) atoms. The first-order valence-corrected chi connectivity index (χ1v) is 10.6. The van der Waals surface area contributed by atoms with Crippen LogP contribution in [0.15, 0.2) is 12.1 Å². The Morgan fingerprint density at radius 3 is 2.56 bits per heavy atom. The van der Waals surface area contributed by atoms with Crippen LogP contribution in [0.1, 0.15) is 19.4 Å². The largest absolute Gasteiger partial charge is 0.495 e. The molecule has 1 saturated heterocycles. The Morgan fingerprint density at radius 2 is 1.96 bits per heavy atom. The molecule has 0 aliphatic carbocycles. The lowest BCUT2D eigenvalue weighted by Crippen LogP contribution is -2.49. The number of carbonyl (C=O) groups is 1. The number of halogens is 1. The van der Waals surface area contributed by atoms with Gasteiger partial charge in [0.2, 0.25) is 10.0 Å². The second kappa shape index (κ2) is 9.09. The zero-order valence-corrected chi connectivity index (χ0v) is 17.5. The molecule has 1 heterocycles. The van der Waals surface area contributed by atoms with Crippen LogP contribution in [0.2, 0.25) is 5.02 Å². The molecule has 2 rings (SSSR count). The second-order valence-electron chi connectivity index (χ2n) is 6.57. The van der Waals surface area contributed by atoms with Crippen LogP contribution in [0.3, 0.4) is 0 Å². The van der Waals surface area contributed by atoms with Gasteiger partial charge in [-0.2, -0.15) is 4.31 Å². The molecule has 152 valence electrons. The second-order valence-corrected chi connectivity index (χ2v) is 9.07. The van der Waals surface area contributed by atoms with Gasteiger partial charge in [0.05, 0.1) is 30.8 Å². The average molecular weight is 420 g/mol. The third kappa shape index (κ3) is 5.97. The molecule has 10 heteroatoms. The number of hydrogen-bond donors (Lipinski definition) is 2. The van der Waals surface area contributed by atoms with E-state index in [1.54, 1.807) is 12.1 Å². The third-order valence-corrected chi connectivity index (χ3v) is 6.37. The van der Waals surface area contributed by atoms with E-state index in [-0.39, 0.29) is 24.5 Å². The Labute approximate surface area is 165 Å². The van der Waals surface area contributed by atoms with Crippen molar-refractivity contribution in [2.24, 2.45) is 0 Å². The lowest BCUT2D eigenvalue weighted by molar-refractivity contribution is -0.0440. The number of nitrogens with one attached hydrogen (secondary N) is 2. The molecule has 2 amide bonds. The highest BCUT2D eigenvalue weighted by Gasteiger charge is 2.30. The van der Waals surface area contributed by atoms with Gasteiger partial charge in [0.15, 0.2) is 0 Å². The van der Waals surface area contributed by atoms with Crippen molar-refractivity contribution in [3.8, 4) is 5.75 Å². The highest BCUT2D eigenvalue weighted by molar-refractivity contribution is 7.89. The van der Waals surface area contributed by atoms with Crippen molar-refractivity contribution in [3.05, 3.63) is 22.7 Å². The van der Waals surface area contributed by atoms with E-state index in [0.717, 1.165) is 5.56 Å². The van der Waals surface area contributed by atoms with E-state index in [1.165, 1.54) is 11.4 Å². The Bertz CT molecular complexity index is 777. The highest BCUT2D eigenvalue weighted by Crippen LogP contribution is 2.30. The quantitative estimate of drug-likeness (QED) is 0.736. The fraction of sp³-hybridized carbons (Fsp3) is 0.588. The summed E-state index contributed by atoms with van der Waals surface area (Å²) in [4.78, 5) is 12.1. The molecule has 0 bridgehead atoms. The summed E-state index contributed by atoms with van der Waals surface area (Å²) in [7, 11) is -2.00. The molecule has 0 radical (unpaired) electrons. The maximum atomic E-state index is 12.5. The molecule has 0 unspecified atom stereocenters. The number of amides is 2. The molecule has 1 aromatic rings. The SMILES string of the molecule is COc1cc(Cl)c(C)cc1NC(=O)NCCS(=O)(=O)N1C[C@@H](C)O[C@H](C)C1. The summed E-state index contributed by atoms with van der Waals surface area (Å²) < 4.78 is 37.1. The fourth-order valence-corrected chi connectivity index (χ4v) is 4.52. The molecule has 0 spiro atoms. The molecule has 2 N–H and O–H groups in total.